The van der Waals surface area contributed by atoms with Crippen LogP contribution in [0.2, 0.25) is 0 Å². The van der Waals surface area contributed by atoms with E-state index in [0.29, 0.717) is 5.75 Å². The van der Waals surface area contributed by atoms with Crippen molar-refractivity contribution in [3.8, 4) is 0 Å². The van der Waals surface area contributed by atoms with Gasteiger partial charge in [0.1, 0.15) is 5.82 Å². The van der Waals surface area contributed by atoms with Crippen molar-refractivity contribution in [3.63, 3.8) is 0 Å². The van der Waals surface area contributed by atoms with E-state index in [1.165, 1.54) is 23.9 Å². The number of amides is 1. The van der Waals surface area contributed by atoms with Crippen LogP contribution < -0.4 is 5.32 Å². The van der Waals surface area contributed by atoms with E-state index in [0.717, 1.165) is 0 Å². The molecule has 19 heavy (non-hydrogen) atoms. The van der Waals surface area contributed by atoms with Gasteiger partial charge in [0.25, 0.3) is 0 Å². The molecule has 0 radical (unpaired) electrons. The molecule has 1 unspecified atom stereocenters. The summed E-state index contributed by atoms with van der Waals surface area (Å²) in [5, 5.41) is 12.4. The molecule has 0 spiro atoms. The standard InChI is InChI=1S/C14H20FNO2S/c1-14(2,3)19-9-13(18)16-8-12(17)10-6-4-5-7-11(10)15/h4-7,12,17H,8-9H2,1-3H3,(H,16,18). The maximum Gasteiger partial charge on any atom is 0.230 e. The van der Waals surface area contributed by atoms with Crippen LogP contribution >= 0.6 is 11.8 Å². The quantitative estimate of drug-likeness (QED) is 0.874. The van der Waals surface area contributed by atoms with Gasteiger partial charge in [-0.2, -0.15) is 0 Å². The monoisotopic (exact) mass is 285 g/mol. The number of nitrogens with one attached hydrogen (secondary N) is 1. The zero-order valence-corrected chi connectivity index (χ0v) is 12.3. The third-order valence-electron chi connectivity index (χ3n) is 2.39. The molecule has 1 atom stereocenters. The van der Waals surface area contributed by atoms with Crippen LogP contribution in [-0.2, 0) is 4.79 Å². The number of hydrogen-bond acceptors (Lipinski definition) is 3. The van der Waals surface area contributed by atoms with E-state index in [1.54, 1.807) is 12.1 Å². The summed E-state index contributed by atoms with van der Waals surface area (Å²) in [6, 6.07) is 6.01. The molecule has 1 aromatic carbocycles. The topological polar surface area (TPSA) is 49.3 Å². The summed E-state index contributed by atoms with van der Waals surface area (Å²) in [6.45, 7) is 6.10. The zero-order chi connectivity index (χ0) is 14.5. The van der Waals surface area contributed by atoms with Crippen molar-refractivity contribution in [1.29, 1.82) is 0 Å². The molecule has 0 aliphatic rings. The Morgan fingerprint density at radius 2 is 2.05 bits per heavy atom. The van der Waals surface area contributed by atoms with E-state index in [9.17, 15) is 14.3 Å². The lowest BCUT2D eigenvalue weighted by Gasteiger charge is -2.18. The first-order valence-corrected chi connectivity index (χ1v) is 7.11. The van der Waals surface area contributed by atoms with Gasteiger partial charge in [-0.05, 0) is 6.07 Å². The molecule has 3 nitrogen and oxygen atoms in total. The van der Waals surface area contributed by atoms with Gasteiger partial charge in [-0.15, -0.1) is 11.8 Å². The second-order valence-corrected chi connectivity index (χ2v) is 7.04. The SMILES string of the molecule is CC(C)(C)SCC(=O)NCC(O)c1ccccc1F. The Bertz CT molecular complexity index is 432. The molecule has 1 amide bonds. The summed E-state index contributed by atoms with van der Waals surface area (Å²) < 4.78 is 13.4. The molecule has 5 heteroatoms. The Balaban J connectivity index is 2.40. The summed E-state index contributed by atoms with van der Waals surface area (Å²) in [5.74, 6) is -0.295. The molecular formula is C14H20FNO2S. The van der Waals surface area contributed by atoms with Crippen molar-refractivity contribution in [2.45, 2.75) is 31.6 Å². The van der Waals surface area contributed by atoms with E-state index < -0.39 is 11.9 Å². The zero-order valence-electron chi connectivity index (χ0n) is 11.4. The van der Waals surface area contributed by atoms with Crippen LogP contribution in [0.4, 0.5) is 4.39 Å². The first-order chi connectivity index (χ1) is 8.79. The van der Waals surface area contributed by atoms with Crippen LogP contribution in [0.3, 0.4) is 0 Å². The lowest BCUT2D eigenvalue weighted by molar-refractivity contribution is -0.119. The Kier molecular flexibility index (Phi) is 5.82. The van der Waals surface area contributed by atoms with Crippen LogP contribution in [0.1, 0.15) is 32.4 Å². The molecule has 0 fully saturated rings. The van der Waals surface area contributed by atoms with Crippen molar-refractivity contribution in [1.82, 2.24) is 5.32 Å². The molecule has 0 aliphatic heterocycles. The molecular weight excluding hydrogens is 265 g/mol. The number of carbonyl (C=O) groups excluding carboxylic acids is 1. The maximum atomic E-state index is 13.4. The fraction of sp³-hybridized carbons (Fsp3) is 0.500. The highest BCUT2D eigenvalue weighted by Gasteiger charge is 2.16. The Morgan fingerprint density at radius 3 is 2.63 bits per heavy atom. The first kappa shape index (κ1) is 16.0. The Labute approximate surface area is 117 Å². The number of thioether (sulfide) groups is 1. The van der Waals surface area contributed by atoms with Crippen molar-refractivity contribution in [2.24, 2.45) is 0 Å². The van der Waals surface area contributed by atoms with Gasteiger partial charge in [0.05, 0.1) is 11.9 Å². The summed E-state index contributed by atoms with van der Waals surface area (Å²) in [6.07, 6.45) is -1.02. The fourth-order valence-corrected chi connectivity index (χ4v) is 2.07. The van der Waals surface area contributed by atoms with Crippen molar-refractivity contribution in [3.05, 3.63) is 35.6 Å². The molecule has 0 heterocycles. The van der Waals surface area contributed by atoms with E-state index in [2.05, 4.69) is 5.32 Å². The molecule has 0 saturated carbocycles. The minimum atomic E-state index is -1.02. The maximum absolute atomic E-state index is 13.4. The van der Waals surface area contributed by atoms with Crippen molar-refractivity contribution >= 4 is 17.7 Å². The molecule has 0 saturated heterocycles. The molecule has 106 valence electrons. The van der Waals surface area contributed by atoms with Crippen LogP contribution in [0.25, 0.3) is 0 Å². The normalized spacial score (nSPS) is 13.1. The average Bonchev–Trinajstić information content (AvgIpc) is 2.33. The van der Waals surface area contributed by atoms with Gasteiger partial charge in [-0.3, -0.25) is 4.79 Å². The number of benzene rings is 1. The van der Waals surface area contributed by atoms with E-state index in [4.69, 9.17) is 0 Å². The van der Waals surface area contributed by atoms with Gasteiger partial charge in [0, 0.05) is 16.9 Å². The second-order valence-electron chi connectivity index (χ2n) is 5.24. The van der Waals surface area contributed by atoms with Crippen molar-refractivity contribution < 1.29 is 14.3 Å². The van der Waals surface area contributed by atoms with Crippen LogP contribution in [0.5, 0.6) is 0 Å². The van der Waals surface area contributed by atoms with Gasteiger partial charge in [0.2, 0.25) is 5.91 Å². The highest BCUT2D eigenvalue weighted by Crippen LogP contribution is 2.22. The highest BCUT2D eigenvalue weighted by atomic mass is 32.2. The van der Waals surface area contributed by atoms with Gasteiger partial charge >= 0.3 is 0 Å². The van der Waals surface area contributed by atoms with E-state index >= 15 is 0 Å². The number of aliphatic hydroxyl groups excluding tert-OH is 1. The predicted molar refractivity (Wildman–Crippen MR) is 76.6 cm³/mol. The number of aliphatic hydroxyl groups is 1. The highest BCUT2D eigenvalue weighted by molar-refractivity contribution is 8.01. The van der Waals surface area contributed by atoms with E-state index in [1.807, 2.05) is 20.8 Å². The molecule has 1 aromatic rings. The minimum absolute atomic E-state index is 0.0154. The largest absolute Gasteiger partial charge is 0.386 e. The molecule has 2 N–H and O–H groups in total. The third-order valence-corrected chi connectivity index (χ3v) is 3.67. The van der Waals surface area contributed by atoms with Crippen molar-refractivity contribution in [2.75, 3.05) is 12.3 Å². The van der Waals surface area contributed by atoms with Gasteiger partial charge in [-0.25, -0.2) is 4.39 Å². The van der Waals surface area contributed by atoms with Crippen LogP contribution in [-0.4, -0.2) is 28.1 Å². The summed E-state index contributed by atoms with van der Waals surface area (Å²) in [4.78, 5) is 11.6. The summed E-state index contributed by atoms with van der Waals surface area (Å²) in [5.41, 5.74) is 0.200. The molecule has 1 rings (SSSR count). The van der Waals surface area contributed by atoms with Crippen LogP contribution in [0, 0.1) is 5.82 Å². The smallest absolute Gasteiger partial charge is 0.230 e. The second kappa shape index (κ2) is 6.91. The average molecular weight is 285 g/mol. The lowest BCUT2D eigenvalue weighted by Crippen LogP contribution is -2.31. The summed E-state index contributed by atoms with van der Waals surface area (Å²) >= 11 is 1.52. The van der Waals surface area contributed by atoms with Gasteiger partial charge in [0.15, 0.2) is 0 Å². The first-order valence-electron chi connectivity index (χ1n) is 6.13. The third kappa shape index (κ3) is 6.07. The predicted octanol–water partition coefficient (Wildman–Crippen LogP) is 2.51. The molecule has 0 bridgehead atoms. The lowest BCUT2D eigenvalue weighted by atomic mass is 10.1. The Hall–Kier alpha value is -1.07. The van der Waals surface area contributed by atoms with Gasteiger partial charge in [-0.1, -0.05) is 39.0 Å². The fourth-order valence-electron chi connectivity index (χ4n) is 1.40. The van der Waals surface area contributed by atoms with E-state index in [-0.39, 0.29) is 22.8 Å². The number of hydrogen-bond donors (Lipinski definition) is 2. The number of halogens is 1. The number of rotatable bonds is 5. The van der Waals surface area contributed by atoms with Gasteiger partial charge < -0.3 is 10.4 Å². The Morgan fingerprint density at radius 1 is 1.42 bits per heavy atom. The summed E-state index contributed by atoms with van der Waals surface area (Å²) in [7, 11) is 0. The van der Waals surface area contributed by atoms with Crippen LogP contribution in [0.15, 0.2) is 24.3 Å². The molecule has 0 aromatic heterocycles. The minimum Gasteiger partial charge on any atom is -0.386 e. The molecule has 0 aliphatic carbocycles. The number of carbonyl (C=O) groups is 1.